The first-order chi connectivity index (χ1) is 5.95. The Kier molecular flexibility index (Phi) is 1.57. The summed E-state index contributed by atoms with van der Waals surface area (Å²) in [4.78, 5) is 0. The summed E-state index contributed by atoms with van der Waals surface area (Å²) in [6.07, 6.45) is 2.38. The lowest BCUT2D eigenvalue weighted by Gasteiger charge is -2.32. The third kappa shape index (κ3) is 0.766. The maximum atomic E-state index is 9.00. The van der Waals surface area contributed by atoms with Crippen molar-refractivity contribution in [2.45, 2.75) is 39.7 Å². The van der Waals surface area contributed by atoms with E-state index in [0.717, 1.165) is 12.1 Å². The smallest absolute Gasteiger partial charge is 0.131 e. The highest BCUT2D eigenvalue weighted by Gasteiger charge is 2.66. The number of rotatable bonds is 0. The molecule has 2 aliphatic rings. The minimum Gasteiger partial charge on any atom is -0.411 e. The van der Waals surface area contributed by atoms with Gasteiger partial charge in [-0.3, -0.25) is 0 Å². The average Bonchev–Trinajstić information content (AvgIpc) is 2.32. The number of oxime groups is 1. The highest BCUT2D eigenvalue weighted by molar-refractivity contribution is 5.97. The van der Waals surface area contributed by atoms with E-state index in [0.29, 0.717) is 5.92 Å². The molecule has 2 fully saturated rings. The van der Waals surface area contributed by atoms with Crippen molar-refractivity contribution in [1.29, 1.82) is 0 Å². The van der Waals surface area contributed by atoms with Crippen LogP contribution < -0.4 is 5.73 Å². The number of quaternary nitrogens is 1. The van der Waals surface area contributed by atoms with Crippen LogP contribution in [0.4, 0.5) is 0 Å². The zero-order chi connectivity index (χ0) is 9.85. The van der Waals surface area contributed by atoms with Gasteiger partial charge in [0.25, 0.3) is 0 Å². The zero-order valence-corrected chi connectivity index (χ0v) is 8.67. The van der Waals surface area contributed by atoms with Crippen LogP contribution in [-0.2, 0) is 0 Å². The Labute approximate surface area is 79.0 Å². The molecule has 0 aromatic rings. The van der Waals surface area contributed by atoms with Gasteiger partial charge in [0.2, 0.25) is 0 Å². The lowest BCUT2D eigenvalue weighted by Crippen LogP contribution is -2.68. The second kappa shape index (κ2) is 2.27. The molecule has 0 spiro atoms. The molecule has 13 heavy (non-hydrogen) atoms. The van der Waals surface area contributed by atoms with E-state index < -0.39 is 0 Å². The molecule has 2 bridgehead atoms. The first-order valence-corrected chi connectivity index (χ1v) is 5.00. The standard InChI is InChI=1S/C10H18N2O/c1-9(2)6-4-5-10(9,3)8(12-13)7(6)11/h6-7,13H,4-5,11H2,1-3H3/p+1/b12-8-/t6-,7-,10+/m1/s1. The molecule has 3 nitrogen and oxygen atoms in total. The Hall–Kier alpha value is -0.570. The van der Waals surface area contributed by atoms with Crippen molar-refractivity contribution in [1.82, 2.24) is 0 Å². The van der Waals surface area contributed by atoms with Gasteiger partial charge in [0.15, 0.2) is 0 Å². The highest BCUT2D eigenvalue weighted by atomic mass is 16.4. The molecule has 0 aromatic heterocycles. The summed E-state index contributed by atoms with van der Waals surface area (Å²) in [5.41, 5.74) is 5.38. The molecule has 2 aliphatic carbocycles. The number of nitrogens with zero attached hydrogens (tertiary/aromatic N) is 1. The van der Waals surface area contributed by atoms with Crippen molar-refractivity contribution >= 4 is 5.71 Å². The normalized spacial score (nSPS) is 50.3. The Morgan fingerprint density at radius 3 is 2.38 bits per heavy atom. The van der Waals surface area contributed by atoms with Crippen molar-refractivity contribution in [3.8, 4) is 0 Å². The fourth-order valence-corrected chi connectivity index (χ4v) is 3.48. The summed E-state index contributed by atoms with van der Waals surface area (Å²) in [6, 6.07) is 0.221. The molecule has 4 N–H and O–H groups in total. The quantitative estimate of drug-likeness (QED) is 0.425. The van der Waals surface area contributed by atoms with E-state index in [1.807, 2.05) is 0 Å². The number of hydrogen-bond acceptors (Lipinski definition) is 2. The van der Waals surface area contributed by atoms with Gasteiger partial charge < -0.3 is 10.9 Å². The Morgan fingerprint density at radius 1 is 1.46 bits per heavy atom. The maximum Gasteiger partial charge on any atom is 0.131 e. The van der Waals surface area contributed by atoms with Crippen LogP contribution in [0.5, 0.6) is 0 Å². The SMILES string of the molecule is CC1(C)[C@@H]2CC[C@@]1(C)/C(=N\O)[C@@H]2[NH3+]. The topological polar surface area (TPSA) is 60.2 Å². The second-order valence-corrected chi connectivity index (χ2v) is 5.29. The highest BCUT2D eigenvalue weighted by Crippen LogP contribution is 2.63. The van der Waals surface area contributed by atoms with Crippen molar-refractivity contribution in [2.75, 3.05) is 0 Å². The molecule has 3 heteroatoms. The fraction of sp³-hybridized carbons (Fsp3) is 0.900. The molecule has 0 saturated heterocycles. The third-order valence-corrected chi connectivity index (χ3v) is 4.81. The van der Waals surface area contributed by atoms with E-state index in [1.54, 1.807) is 0 Å². The van der Waals surface area contributed by atoms with E-state index in [4.69, 9.17) is 5.21 Å². The molecule has 0 radical (unpaired) electrons. The van der Waals surface area contributed by atoms with Gasteiger partial charge in [0.05, 0.1) is 0 Å². The van der Waals surface area contributed by atoms with E-state index in [1.165, 1.54) is 6.42 Å². The zero-order valence-electron chi connectivity index (χ0n) is 8.67. The van der Waals surface area contributed by atoms with Crippen LogP contribution in [0.3, 0.4) is 0 Å². The van der Waals surface area contributed by atoms with Gasteiger partial charge in [-0.2, -0.15) is 0 Å². The second-order valence-electron chi connectivity index (χ2n) is 5.29. The molecule has 0 amide bonds. The molecule has 0 unspecified atom stereocenters. The van der Waals surface area contributed by atoms with Gasteiger partial charge in [-0.05, 0) is 18.3 Å². The summed E-state index contributed by atoms with van der Waals surface area (Å²) in [6.45, 7) is 6.77. The van der Waals surface area contributed by atoms with Crippen LogP contribution in [-0.4, -0.2) is 17.0 Å². The Bertz CT molecular complexity index is 272. The molecule has 0 aromatic carbocycles. The van der Waals surface area contributed by atoms with Crippen molar-refractivity contribution in [3.63, 3.8) is 0 Å². The van der Waals surface area contributed by atoms with Gasteiger partial charge in [-0.1, -0.05) is 25.9 Å². The van der Waals surface area contributed by atoms with Gasteiger partial charge in [-0.25, -0.2) is 0 Å². The monoisotopic (exact) mass is 183 g/mol. The molecule has 2 saturated carbocycles. The molecular weight excluding hydrogens is 164 g/mol. The van der Waals surface area contributed by atoms with Gasteiger partial charge in [0, 0.05) is 11.3 Å². The fourth-order valence-electron chi connectivity index (χ4n) is 3.48. The van der Waals surface area contributed by atoms with Crippen LogP contribution in [0.25, 0.3) is 0 Å². The van der Waals surface area contributed by atoms with Crippen LogP contribution in [0, 0.1) is 16.7 Å². The molecule has 0 aliphatic heterocycles. The number of hydrogen-bond donors (Lipinski definition) is 2. The van der Waals surface area contributed by atoms with Crippen LogP contribution in [0.2, 0.25) is 0 Å². The van der Waals surface area contributed by atoms with Crippen molar-refractivity contribution in [2.24, 2.45) is 21.9 Å². The molecule has 74 valence electrons. The van der Waals surface area contributed by atoms with Crippen molar-refractivity contribution in [3.05, 3.63) is 0 Å². The van der Waals surface area contributed by atoms with Crippen LogP contribution in [0.15, 0.2) is 5.16 Å². The lowest BCUT2D eigenvalue weighted by molar-refractivity contribution is -0.409. The predicted octanol–water partition coefficient (Wildman–Crippen LogP) is 0.883. The van der Waals surface area contributed by atoms with Crippen LogP contribution in [0.1, 0.15) is 33.6 Å². The average molecular weight is 183 g/mol. The van der Waals surface area contributed by atoms with Gasteiger partial charge in [-0.15, -0.1) is 0 Å². The van der Waals surface area contributed by atoms with E-state index in [9.17, 15) is 0 Å². The van der Waals surface area contributed by atoms with E-state index in [-0.39, 0.29) is 16.9 Å². The molecule has 3 atom stereocenters. The Balaban J connectivity index is 2.52. The summed E-state index contributed by atoms with van der Waals surface area (Å²) < 4.78 is 0. The summed E-state index contributed by atoms with van der Waals surface area (Å²) in [5.74, 6) is 0.600. The minimum absolute atomic E-state index is 0.0822. The first-order valence-electron chi connectivity index (χ1n) is 5.00. The Morgan fingerprint density at radius 2 is 2.08 bits per heavy atom. The third-order valence-electron chi connectivity index (χ3n) is 4.81. The van der Waals surface area contributed by atoms with Crippen LogP contribution >= 0.6 is 0 Å². The van der Waals surface area contributed by atoms with Crippen molar-refractivity contribution < 1.29 is 10.9 Å². The summed E-state index contributed by atoms with van der Waals surface area (Å²) in [7, 11) is 0. The van der Waals surface area contributed by atoms with Gasteiger partial charge in [0.1, 0.15) is 11.8 Å². The maximum absolute atomic E-state index is 9.00. The van der Waals surface area contributed by atoms with Gasteiger partial charge >= 0.3 is 0 Å². The lowest BCUT2D eigenvalue weighted by atomic mass is 9.70. The molecule has 0 heterocycles. The molecule has 2 rings (SSSR count). The number of fused-ring (bicyclic) bond motifs is 2. The van der Waals surface area contributed by atoms with E-state index in [2.05, 4.69) is 31.7 Å². The summed E-state index contributed by atoms with van der Waals surface area (Å²) in [5, 5.41) is 12.5. The van der Waals surface area contributed by atoms with E-state index >= 15 is 0 Å². The predicted molar refractivity (Wildman–Crippen MR) is 50.5 cm³/mol. The molecular formula is C10H19N2O+. The first kappa shape index (κ1) is 9.00. The largest absolute Gasteiger partial charge is 0.411 e. The minimum atomic E-state index is 0.0822. The summed E-state index contributed by atoms with van der Waals surface area (Å²) >= 11 is 0.